The number of carbonyl (C=O) groups is 1. The third kappa shape index (κ3) is 3.70. The van der Waals surface area contributed by atoms with Gasteiger partial charge in [-0.25, -0.2) is 0 Å². The third-order valence-electron chi connectivity index (χ3n) is 3.39. The zero-order valence-corrected chi connectivity index (χ0v) is 12.2. The first-order chi connectivity index (χ1) is 9.81. The van der Waals surface area contributed by atoms with Crippen LogP contribution in [0.3, 0.4) is 0 Å². The maximum absolute atomic E-state index is 12.2. The van der Waals surface area contributed by atoms with Gasteiger partial charge >= 0.3 is 0 Å². The smallest absolute Gasteiger partial charge is 0.163 e. The SMILES string of the molecule is O=C(CCCc1cccs1)c1cccc(OC2CC2)c1. The maximum Gasteiger partial charge on any atom is 0.163 e. The molecule has 1 saturated carbocycles. The van der Waals surface area contributed by atoms with Crippen molar-refractivity contribution in [3.63, 3.8) is 0 Å². The Bertz CT molecular complexity index is 570. The molecule has 20 heavy (non-hydrogen) atoms. The lowest BCUT2D eigenvalue weighted by Gasteiger charge is -2.06. The van der Waals surface area contributed by atoms with Crippen molar-refractivity contribution in [3.8, 4) is 5.75 Å². The molecule has 1 aliphatic rings. The number of benzene rings is 1. The molecular weight excluding hydrogens is 268 g/mol. The summed E-state index contributed by atoms with van der Waals surface area (Å²) in [7, 11) is 0. The van der Waals surface area contributed by atoms with Gasteiger partial charge in [0.05, 0.1) is 6.10 Å². The quantitative estimate of drug-likeness (QED) is 0.701. The minimum absolute atomic E-state index is 0.211. The molecule has 0 N–H and O–H groups in total. The van der Waals surface area contributed by atoms with E-state index in [-0.39, 0.29) is 5.78 Å². The topological polar surface area (TPSA) is 26.3 Å². The first kappa shape index (κ1) is 13.4. The van der Waals surface area contributed by atoms with Gasteiger partial charge in [0.2, 0.25) is 0 Å². The number of hydrogen-bond donors (Lipinski definition) is 0. The number of thiophene rings is 1. The van der Waals surface area contributed by atoms with Gasteiger partial charge in [0.25, 0.3) is 0 Å². The summed E-state index contributed by atoms with van der Waals surface area (Å²) in [6, 6.07) is 11.8. The number of hydrogen-bond acceptors (Lipinski definition) is 3. The summed E-state index contributed by atoms with van der Waals surface area (Å²) in [5.74, 6) is 1.04. The van der Waals surface area contributed by atoms with Crippen molar-refractivity contribution in [2.75, 3.05) is 0 Å². The monoisotopic (exact) mass is 286 g/mol. The first-order valence-corrected chi connectivity index (χ1v) is 8.01. The molecule has 104 valence electrons. The van der Waals surface area contributed by atoms with Gasteiger partial charge in [-0.05, 0) is 49.3 Å². The number of ketones is 1. The van der Waals surface area contributed by atoms with Crippen LogP contribution in [0.1, 0.15) is 40.9 Å². The molecule has 1 heterocycles. The van der Waals surface area contributed by atoms with Gasteiger partial charge in [0.15, 0.2) is 5.78 Å². The summed E-state index contributed by atoms with van der Waals surface area (Å²) in [5, 5.41) is 2.08. The average Bonchev–Trinajstić information content (AvgIpc) is 3.12. The predicted molar refractivity (Wildman–Crippen MR) is 81.7 cm³/mol. The Morgan fingerprint density at radius 2 is 2.15 bits per heavy atom. The summed E-state index contributed by atoms with van der Waals surface area (Å²) in [6.07, 6.45) is 5.15. The zero-order valence-electron chi connectivity index (χ0n) is 11.4. The van der Waals surface area contributed by atoms with E-state index in [4.69, 9.17) is 4.74 Å². The van der Waals surface area contributed by atoms with E-state index in [2.05, 4.69) is 17.5 Å². The summed E-state index contributed by atoms with van der Waals surface area (Å²) in [4.78, 5) is 13.5. The van der Waals surface area contributed by atoms with E-state index in [1.807, 2.05) is 24.3 Å². The maximum atomic E-state index is 12.2. The van der Waals surface area contributed by atoms with E-state index in [0.29, 0.717) is 12.5 Å². The van der Waals surface area contributed by atoms with Gasteiger partial charge in [0, 0.05) is 16.9 Å². The molecule has 2 nitrogen and oxygen atoms in total. The molecule has 3 rings (SSSR count). The fourth-order valence-corrected chi connectivity index (χ4v) is 2.89. The van der Waals surface area contributed by atoms with E-state index in [1.165, 1.54) is 4.88 Å². The molecule has 0 unspecified atom stereocenters. The molecule has 0 spiro atoms. The lowest BCUT2D eigenvalue weighted by atomic mass is 10.0. The van der Waals surface area contributed by atoms with Crippen LogP contribution in [-0.4, -0.2) is 11.9 Å². The lowest BCUT2D eigenvalue weighted by molar-refractivity contribution is 0.0979. The van der Waals surface area contributed by atoms with Crippen molar-refractivity contribution >= 4 is 17.1 Å². The van der Waals surface area contributed by atoms with E-state index < -0.39 is 0 Å². The second-order valence-corrected chi connectivity index (χ2v) is 6.23. The van der Waals surface area contributed by atoms with Gasteiger partial charge in [-0.2, -0.15) is 0 Å². The van der Waals surface area contributed by atoms with Crippen LogP contribution in [0.5, 0.6) is 5.75 Å². The van der Waals surface area contributed by atoms with Gasteiger partial charge in [-0.1, -0.05) is 18.2 Å². The fourth-order valence-electron chi connectivity index (χ4n) is 2.14. The van der Waals surface area contributed by atoms with E-state index in [1.54, 1.807) is 11.3 Å². The Kier molecular flexibility index (Phi) is 4.16. The molecular formula is C17H18O2S. The van der Waals surface area contributed by atoms with Crippen LogP contribution in [-0.2, 0) is 6.42 Å². The van der Waals surface area contributed by atoms with Crippen molar-refractivity contribution in [2.24, 2.45) is 0 Å². The first-order valence-electron chi connectivity index (χ1n) is 7.13. The highest BCUT2D eigenvalue weighted by Crippen LogP contribution is 2.27. The molecule has 0 aliphatic heterocycles. The van der Waals surface area contributed by atoms with Gasteiger partial charge in [-0.15, -0.1) is 11.3 Å². The van der Waals surface area contributed by atoms with Gasteiger partial charge in [0.1, 0.15) is 5.75 Å². The van der Waals surface area contributed by atoms with E-state index in [9.17, 15) is 4.79 Å². The molecule has 1 fully saturated rings. The lowest BCUT2D eigenvalue weighted by Crippen LogP contribution is -2.01. The van der Waals surface area contributed by atoms with Crippen LogP contribution >= 0.6 is 11.3 Å². The van der Waals surface area contributed by atoms with Gasteiger partial charge < -0.3 is 4.74 Å². The van der Waals surface area contributed by atoms with Gasteiger partial charge in [-0.3, -0.25) is 4.79 Å². The van der Waals surface area contributed by atoms with E-state index in [0.717, 1.165) is 37.0 Å². The van der Waals surface area contributed by atoms with Crippen LogP contribution < -0.4 is 4.74 Å². The molecule has 0 radical (unpaired) electrons. The van der Waals surface area contributed by atoms with Crippen molar-refractivity contribution in [2.45, 2.75) is 38.2 Å². The van der Waals surface area contributed by atoms with Crippen LogP contribution in [0.15, 0.2) is 41.8 Å². The Labute approximate surface area is 123 Å². The summed E-state index contributed by atoms with van der Waals surface area (Å²) in [5.41, 5.74) is 0.773. The minimum Gasteiger partial charge on any atom is -0.490 e. The van der Waals surface area contributed by atoms with Crippen LogP contribution in [0, 0.1) is 0 Å². The van der Waals surface area contributed by atoms with Crippen LogP contribution in [0.25, 0.3) is 0 Å². The summed E-state index contributed by atoms with van der Waals surface area (Å²) in [6.45, 7) is 0. The second-order valence-electron chi connectivity index (χ2n) is 5.20. The fraction of sp³-hybridized carbons (Fsp3) is 0.353. The Hall–Kier alpha value is -1.61. The number of ether oxygens (including phenoxy) is 1. The van der Waals surface area contributed by atoms with Crippen molar-refractivity contribution < 1.29 is 9.53 Å². The van der Waals surface area contributed by atoms with Crippen molar-refractivity contribution in [1.82, 2.24) is 0 Å². The summed E-state index contributed by atoms with van der Waals surface area (Å²) < 4.78 is 5.73. The molecule has 1 aromatic carbocycles. The van der Waals surface area contributed by atoms with Crippen molar-refractivity contribution in [1.29, 1.82) is 0 Å². The molecule has 1 aromatic heterocycles. The highest BCUT2D eigenvalue weighted by molar-refractivity contribution is 7.09. The average molecular weight is 286 g/mol. The normalized spacial score (nSPS) is 14.2. The molecule has 0 amide bonds. The minimum atomic E-state index is 0.211. The molecule has 3 heteroatoms. The Morgan fingerprint density at radius 3 is 2.90 bits per heavy atom. The highest BCUT2D eigenvalue weighted by atomic mass is 32.1. The molecule has 0 atom stereocenters. The second kappa shape index (κ2) is 6.23. The number of carbonyl (C=O) groups excluding carboxylic acids is 1. The number of Topliss-reactive ketones (excluding diaryl/α,β-unsaturated/α-hetero) is 1. The highest BCUT2D eigenvalue weighted by Gasteiger charge is 2.23. The molecule has 1 aliphatic carbocycles. The predicted octanol–water partition coefficient (Wildman–Crippen LogP) is 4.49. The standard InChI is InChI=1S/C17H18O2S/c18-17(8-2-6-16-7-3-11-20-16)13-4-1-5-15(12-13)19-14-9-10-14/h1,3-5,7,11-12,14H,2,6,8-10H2. The number of rotatable bonds is 7. The number of aryl methyl sites for hydroxylation is 1. The van der Waals surface area contributed by atoms with Crippen LogP contribution in [0.2, 0.25) is 0 Å². The molecule has 2 aromatic rings. The summed E-state index contributed by atoms with van der Waals surface area (Å²) >= 11 is 1.76. The van der Waals surface area contributed by atoms with Crippen LogP contribution in [0.4, 0.5) is 0 Å². The third-order valence-corrected chi connectivity index (χ3v) is 4.33. The van der Waals surface area contributed by atoms with Crippen molar-refractivity contribution in [3.05, 3.63) is 52.2 Å². The molecule has 0 bridgehead atoms. The molecule has 0 saturated heterocycles. The Balaban J connectivity index is 1.53. The zero-order chi connectivity index (χ0) is 13.8. The Morgan fingerprint density at radius 1 is 1.25 bits per heavy atom. The van der Waals surface area contributed by atoms with E-state index >= 15 is 0 Å². The largest absolute Gasteiger partial charge is 0.490 e.